The highest BCUT2D eigenvalue weighted by Gasteiger charge is 2.47. The van der Waals surface area contributed by atoms with Crippen molar-refractivity contribution in [2.24, 2.45) is 11.3 Å². The summed E-state index contributed by atoms with van der Waals surface area (Å²) in [7, 11) is 0. The molecular weight excluding hydrogens is 743 g/mol. The number of amides is 3. The molecule has 11 rings (SSSR count). The van der Waals surface area contributed by atoms with Crippen molar-refractivity contribution in [3.8, 4) is 17.2 Å². The summed E-state index contributed by atoms with van der Waals surface area (Å²) >= 11 is 0. The number of benzene rings is 4. The van der Waals surface area contributed by atoms with E-state index in [0.717, 1.165) is 72.5 Å². The number of nitrogens with one attached hydrogen (secondary N) is 2. The minimum atomic E-state index is -0.138. The number of piperidine rings is 2. The van der Waals surface area contributed by atoms with Crippen molar-refractivity contribution in [2.45, 2.75) is 69.4 Å². The molecular formula is C48H53N5O6. The Balaban J connectivity index is 0.000000473. The second-order valence-corrected chi connectivity index (χ2v) is 17.8. The maximum Gasteiger partial charge on any atom is 0.252 e. The van der Waals surface area contributed by atoms with Gasteiger partial charge in [0.05, 0.1) is 18.3 Å². The quantitative estimate of drug-likeness (QED) is 0.199. The number of rotatable bonds is 5. The Morgan fingerprint density at radius 2 is 1.54 bits per heavy atom. The van der Waals surface area contributed by atoms with Crippen LogP contribution in [0, 0.1) is 11.3 Å². The molecule has 3 amide bonds. The summed E-state index contributed by atoms with van der Waals surface area (Å²) < 4.78 is 12.4. The van der Waals surface area contributed by atoms with E-state index in [1.165, 1.54) is 49.0 Å². The number of hydrogen-bond acceptors (Lipinski definition) is 9. The van der Waals surface area contributed by atoms with Gasteiger partial charge in [0.1, 0.15) is 23.9 Å². The Morgan fingerprint density at radius 1 is 0.780 bits per heavy atom. The first-order chi connectivity index (χ1) is 28.8. The topological polar surface area (TPSA) is 124 Å². The van der Waals surface area contributed by atoms with Gasteiger partial charge in [0, 0.05) is 93.4 Å². The normalized spacial score (nSPS) is 24.5. The van der Waals surface area contributed by atoms with E-state index in [-0.39, 0.29) is 35.3 Å². The van der Waals surface area contributed by atoms with E-state index >= 15 is 0 Å². The molecule has 1 spiro atoms. The van der Waals surface area contributed by atoms with E-state index in [1.54, 1.807) is 12.1 Å². The van der Waals surface area contributed by atoms with Crippen molar-refractivity contribution >= 4 is 29.1 Å². The molecule has 11 nitrogen and oxygen atoms in total. The van der Waals surface area contributed by atoms with Gasteiger partial charge in [0.2, 0.25) is 11.8 Å². The van der Waals surface area contributed by atoms with Crippen LogP contribution in [-0.2, 0) is 16.1 Å². The number of fused-ring (bicyclic) bond motifs is 5. The SMILES string of the molecule is O=C1CCCC(=O)N1.O=C1NCc2cc3c(cc21)OCC1CN(CC2CC4(CCN(c5ccc(C6c7ccc(O)cc7OCC6c6ccccc6)cc5)CC4)C2)CCN31. The number of hydrogen-bond donors (Lipinski definition) is 3. The van der Waals surface area contributed by atoms with E-state index in [9.17, 15) is 19.5 Å². The second kappa shape index (κ2) is 15.6. The average Bonchev–Trinajstić information content (AvgIpc) is 3.61. The number of phenolic OH excluding ortho intramolecular Hbond substituents is 1. The minimum absolute atomic E-state index is 0.0138. The maximum atomic E-state index is 12.2. The summed E-state index contributed by atoms with van der Waals surface area (Å²) in [6.45, 7) is 8.51. The first-order valence-corrected chi connectivity index (χ1v) is 21.5. The smallest absolute Gasteiger partial charge is 0.252 e. The maximum absolute atomic E-state index is 12.2. The fraction of sp³-hybridized carbons (Fsp3) is 0.438. The number of carbonyl (C=O) groups is 3. The monoisotopic (exact) mass is 795 g/mol. The molecule has 306 valence electrons. The molecule has 3 N–H and O–H groups in total. The number of anilines is 2. The van der Waals surface area contributed by atoms with Crippen LogP contribution >= 0.6 is 0 Å². The molecule has 0 radical (unpaired) electrons. The summed E-state index contributed by atoms with van der Waals surface area (Å²) in [4.78, 5) is 40.6. The van der Waals surface area contributed by atoms with Gasteiger partial charge in [-0.2, -0.15) is 0 Å². The third-order valence-electron chi connectivity index (χ3n) is 14.0. The van der Waals surface area contributed by atoms with Gasteiger partial charge in [-0.05, 0) is 90.5 Å². The van der Waals surface area contributed by atoms with Crippen LogP contribution in [-0.4, -0.2) is 86.3 Å². The molecule has 11 heteroatoms. The molecule has 3 atom stereocenters. The van der Waals surface area contributed by atoms with Gasteiger partial charge in [-0.3, -0.25) is 24.6 Å². The third-order valence-corrected chi connectivity index (χ3v) is 14.0. The highest BCUT2D eigenvalue weighted by atomic mass is 16.5. The first-order valence-electron chi connectivity index (χ1n) is 21.5. The standard InChI is InChI=1S/C43H46N4O4.C5H7NO2/c48-34-10-11-35-39(19-34)51-27-37(29-4-2-1-3-5-29)41(35)30-6-8-32(9-7-30)46-14-12-43(13-15-46)21-28(22-43)24-45-16-17-47-33(25-45)26-50-40-20-36-31(18-38(40)47)23-44-42(36)49;7-4-2-1-3-5(8)6-4/h1-11,18-20,28,33,37,41,48H,12-17,21-27H2,(H,44,49);1-3H2,(H,6,7,8). The molecule has 6 heterocycles. The van der Waals surface area contributed by atoms with Gasteiger partial charge in [0.25, 0.3) is 5.91 Å². The molecule has 1 saturated carbocycles. The third kappa shape index (κ3) is 7.50. The number of aromatic hydroxyl groups is 1. The van der Waals surface area contributed by atoms with Crippen molar-refractivity contribution in [3.05, 3.63) is 113 Å². The summed E-state index contributed by atoms with van der Waals surface area (Å²) in [6, 6.07) is 30.1. The lowest BCUT2D eigenvalue weighted by Gasteiger charge is -2.54. The Kier molecular flexibility index (Phi) is 9.95. The molecule has 0 aromatic heterocycles. The zero-order valence-electron chi connectivity index (χ0n) is 33.5. The fourth-order valence-corrected chi connectivity index (χ4v) is 11.0. The fourth-order valence-electron chi connectivity index (χ4n) is 11.0. The van der Waals surface area contributed by atoms with Crippen LogP contribution in [0.3, 0.4) is 0 Å². The summed E-state index contributed by atoms with van der Waals surface area (Å²) in [5.41, 5.74) is 8.57. The van der Waals surface area contributed by atoms with Crippen molar-refractivity contribution < 1.29 is 29.0 Å². The van der Waals surface area contributed by atoms with E-state index in [2.05, 4.69) is 86.0 Å². The van der Waals surface area contributed by atoms with Crippen molar-refractivity contribution in [2.75, 3.05) is 62.3 Å². The van der Waals surface area contributed by atoms with Gasteiger partial charge >= 0.3 is 0 Å². The first kappa shape index (κ1) is 37.7. The highest BCUT2D eigenvalue weighted by molar-refractivity contribution is 5.99. The Bertz CT molecular complexity index is 2220. The number of phenols is 1. The predicted octanol–water partition coefficient (Wildman–Crippen LogP) is 6.34. The summed E-state index contributed by atoms with van der Waals surface area (Å²) in [5.74, 6) is 2.79. The molecule has 4 fully saturated rings. The van der Waals surface area contributed by atoms with Gasteiger partial charge in [-0.1, -0.05) is 48.5 Å². The Morgan fingerprint density at radius 3 is 2.29 bits per heavy atom. The van der Waals surface area contributed by atoms with E-state index in [0.29, 0.717) is 50.5 Å². The lowest BCUT2D eigenvalue weighted by molar-refractivity contribution is -0.132. The molecule has 6 aliphatic heterocycles. The number of imide groups is 1. The molecule has 1 aliphatic carbocycles. The lowest BCUT2D eigenvalue weighted by atomic mass is 9.57. The van der Waals surface area contributed by atoms with Crippen LogP contribution in [0.2, 0.25) is 0 Å². The Hall–Kier alpha value is -5.55. The zero-order chi connectivity index (χ0) is 40.1. The summed E-state index contributed by atoms with van der Waals surface area (Å²) in [5, 5.41) is 15.3. The van der Waals surface area contributed by atoms with Gasteiger partial charge in [-0.15, -0.1) is 0 Å². The zero-order valence-corrected chi connectivity index (χ0v) is 33.5. The van der Waals surface area contributed by atoms with E-state index < -0.39 is 0 Å². The predicted molar refractivity (Wildman–Crippen MR) is 225 cm³/mol. The van der Waals surface area contributed by atoms with E-state index in [4.69, 9.17) is 9.47 Å². The average molecular weight is 796 g/mol. The second-order valence-electron chi connectivity index (χ2n) is 17.8. The molecule has 4 aromatic carbocycles. The molecule has 0 bridgehead atoms. The highest BCUT2D eigenvalue weighted by Crippen LogP contribution is 2.54. The lowest BCUT2D eigenvalue weighted by Crippen LogP contribution is -2.59. The molecule has 4 aromatic rings. The summed E-state index contributed by atoms with van der Waals surface area (Å²) in [6.07, 6.45) is 7.00. The van der Waals surface area contributed by atoms with Crippen LogP contribution in [0.4, 0.5) is 11.4 Å². The van der Waals surface area contributed by atoms with Crippen LogP contribution in [0.25, 0.3) is 0 Å². The number of piperazine rings is 1. The van der Waals surface area contributed by atoms with Gasteiger partial charge < -0.3 is 29.7 Å². The number of ether oxygens (including phenoxy) is 2. The van der Waals surface area contributed by atoms with Crippen LogP contribution in [0.15, 0.2) is 84.9 Å². The van der Waals surface area contributed by atoms with E-state index in [1.807, 2.05) is 12.1 Å². The van der Waals surface area contributed by atoms with Crippen LogP contribution in [0.1, 0.15) is 89.4 Å². The molecule has 59 heavy (non-hydrogen) atoms. The Labute approximate surface area is 345 Å². The van der Waals surface area contributed by atoms with Crippen molar-refractivity contribution in [3.63, 3.8) is 0 Å². The van der Waals surface area contributed by atoms with Gasteiger partial charge in [-0.25, -0.2) is 0 Å². The number of nitrogens with zero attached hydrogens (tertiary/aromatic N) is 3. The molecule has 3 unspecified atom stereocenters. The van der Waals surface area contributed by atoms with Gasteiger partial charge in [0.15, 0.2) is 0 Å². The minimum Gasteiger partial charge on any atom is -0.508 e. The van der Waals surface area contributed by atoms with Crippen molar-refractivity contribution in [1.29, 1.82) is 0 Å². The number of carbonyl (C=O) groups excluding carboxylic acids is 3. The van der Waals surface area contributed by atoms with Crippen LogP contribution in [0.5, 0.6) is 17.2 Å². The molecule has 7 aliphatic rings. The largest absolute Gasteiger partial charge is 0.508 e. The molecule has 3 saturated heterocycles. The van der Waals surface area contributed by atoms with Crippen LogP contribution < -0.4 is 29.9 Å². The van der Waals surface area contributed by atoms with Crippen molar-refractivity contribution in [1.82, 2.24) is 15.5 Å².